The van der Waals surface area contributed by atoms with Crippen molar-refractivity contribution in [1.82, 2.24) is 0 Å². The average molecular weight is 464 g/mol. The van der Waals surface area contributed by atoms with E-state index in [1.807, 2.05) is 42.5 Å². The minimum absolute atomic E-state index is 0.0949. The van der Waals surface area contributed by atoms with E-state index in [1.54, 1.807) is 67.6 Å². The summed E-state index contributed by atoms with van der Waals surface area (Å²) >= 11 is 0. The molecule has 0 radical (unpaired) electrons. The number of aromatic carboxylic acids is 1. The summed E-state index contributed by atoms with van der Waals surface area (Å²) in [5, 5.41) is 12.5. The van der Waals surface area contributed by atoms with Crippen LogP contribution in [0.1, 0.15) is 55.8 Å². The van der Waals surface area contributed by atoms with Crippen LogP contribution in [-0.4, -0.2) is 22.8 Å². The van der Waals surface area contributed by atoms with E-state index in [2.05, 4.69) is 5.32 Å². The molecular weight excluding hydrogens is 438 g/mol. The number of hydrogen-bond donors (Lipinski definition) is 2. The number of carboxylic acids is 1. The van der Waals surface area contributed by atoms with E-state index in [0.717, 1.165) is 11.1 Å². The number of nitrogens with one attached hydrogen (secondary N) is 1. The van der Waals surface area contributed by atoms with Gasteiger partial charge in [0.2, 0.25) is 5.91 Å². The molecule has 35 heavy (non-hydrogen) atoms. The summed E-state index contributed by atoms with van der Waals surface area (Å²) in [4.78, 5) is 37.6. The fourth-order valence-corrected chi connectivity index (χ4v) is 3.98. The lowest BCUT2D eigenvalue weighted by molar-refractivity contribution is -0.117. The lowest BCUT2D eigenvalue weighted by Gasteiger charge is -2.16. The number of carbonyl (C=O) groups excluding carboxylic acids is 2. The number of hydrogen-bond acceptors (Lipinski definition) is 3. The zero-order valence-corrected chi connectivity index (χ0v) is 19.3. The maximum absolute atomic E-state index is 13.2. The van der Waals surface area contributed by atoms with Gasteiger partial charge in [-0.15, -0.1) is 0 Å². The summed E-state index contributed by atoms with van der Waals surface area (Å²) < 4.78 is 0. The van der Waals surface area contributed by atoms with E-state index in [9.17, 15) is 19.5 Å². The number of ketones is 1. The van der Waals surface area contributed by atoms with Gasteiger partial charge in [0.25, 0.3) is 0 Å². The molecule has 0 aromatic heterocycles. The van der Waals surface area contributed by atoms with E-state index in [4.69, 9.17) is 0 Å². The summed E-state index contributed by atoms with van der Waals surface area (Å²) in [6.45, 7) is 1.80. The smallest absolute Gasteiger partial charge is 0.335 e. The number of carboxylic acid groups (broad SMARTS) is 1. The standard InChI is InChI=1S/C30H25NO4/c1-20(22-14-9-15-25(18-22)28(32)21-10-3-2-4-11-21)29(33)31-27-17-8-6-13-24(27)19-23-12-5-7-16-26(23)30(34)35/h2-18,20H,19H2,1H3,(H,31,33)(H,34,35). The maximum Gasteiger partial charge on any atom is 0.335 e. The number of carbonyl (C=O) groups is 3. The topological polar surface area (TPSA) is 83.5 Å². The molecule has 0 fully saturated rings. The van der Waals surface area contributed by atoms with Crippen LogP contribution >= 0.6 is 0 Å². The Labute approximate surface area is 204 Å². The fraction of sp³-hybridized carbons (Fsp3) is 0.100. The van der Waals surface area contributed by atoms with Crippen molar-refractivity contribution in [1.29, 1.82) is 0 Å². The highest BCUT2D eigenvalue weighted by Gasteiger charge is 2.19. The summed E-state index contributed by atoms with van der Waals surface area (Å²) in [5.41, 5.74) is 4.20. The summed E-state index contributed by atoms with van der Waals surface area (Å²) in [7, 11) is 0. The van der Waals surface area contributed by atoms with E-state index in [0.29, 0.717) is 28.8 Å². The van der Waals surface area contributed by atoms with E-state index < -0.39 is 11.9 Å². The molecule has 1 atom stereocenters. The van der Waals surface area contributed by atoms with Crippen molar-refractivity contribution in [2.75, 3.05) is 5.32 Å². The minimum Gasteiger partial charge on any atom is -0.478 e. The molecule has 4 aromatic carbocycles. The number of amides is 1. The molecule has 1 unspecified atom stereocenters. The molecule has 0 aliphatic carbocycles. The Morgan fingerprint density at radius 3 is 2.11 bits per heavy atom. The second-order valence-electron chi connectivity index (χ2n) is 8.33. The highest BCUT2D eigenvalue weighted by atomic mass is 16.4. The van der Waals surface area contributed by atoms with Gasteiger partial charge in [-0.05, 0) is 41.8 Å². The van der Waals surface area contributed by atoms with Crippen molar-refractivity contribution < 1.29 is 19.5 Å². The molecule has 5 nitrogen and oxygen atoms in total. The highest BCUT2D eigenvalue weighted by molar-refractivity contribution is 6.09. The molecule has 174 valence electrons. The highest BCUT2D eigenvalue weighted by Crippen LogP contribution is 2.25. The third-order valence-corrected chi connectivity index (χ3v) is 5.98. The first-order chi connectivity index (χ1) is 16.9. The quantitative estimate of drug-likeness (QED) is 0.316. The van der Waals surface area contributed by atoms with Crippen molar-refractivity contribution in [2.45, 2.75) is 19.3 Å². The van der Waals surface area contributed by atoms with Gasteiger partial charge in [0.15, 0.2) is 5.78 Å². The molecule has 5 heteroatoms. The monoisotopic (exact) mass is 463 g/mol. The Morgan fingerprint density at radius 2 is 1.37 bits per heavy atom. The van der Waals surface area contributed by atoms with Gasteiger partial charge in [-0.2, -0.15) is 0 Å². The normalized spacial score (nSPS) is 11.5. The van der Waals surface area contributed by atoms with E-state index in [-0.39, 0.29) is 17.3 Å². The molecule has 1 amide bonds. The Hall–Kier alpha value is -4.51. The fourth-order valence-electron chi connectivity index (χ4n) is 3.98. The number of rotatable bonds is 8. The Morgan fingerprint density at radius 1 is 0.743 bits per heavy atom. The lowest BCUT2D eigenvalue weighted by Crippen LogP contribution is -2.20. The van der Waals surface area contributed by atoms with E-state index in [1.165, 1.54) is 0 Å². The second kappa shape index (κ2) is 10.6. The first kappa shape index (κ1) is 23.6. The minimum atomic E-state index is -0.985. The van der Waals surface area contributed by atoms with Gasteiger partial charge in [-0.3, -0.25) is 9.59 Å². The van der Waals surface area contributed by atoms with Crippen molar-refractivity contribution in [3.63, 3.8) is 0 Å². The van der Waals surface area contributed by atoms with Crippen LogP contribution in [0, 0.1) is 0 Å². The van der Waals surface area contributed by atoms with Gasteiger partial charge in [0.05, 0.1) is 11.5 Å². The SMILES string of the molecule is CC(C(=O)Nc1ccccc1Cc1ccccc1C(=O)O)c1cccc(C(=O)c2ccccc2)c1. The van der Waals surface area contributed by atoms with Crippen molar-refractivity contribution >= 4 is 23.3 Å². The molecule has 0 saturated heterocycles. The van der Waals surface area contributed by atoms with Crippen LogP contribution in [0.25, 0.3) is 0 Å². The third kappa shape index (κ3) is 5.53. The van der Waals surface area contributed by atoms with Crippen LogP contribution in [-0.2, 0) is 11.2 Å². The summed E-state index contributed by atoms with van der Waals surface area (Å²) in [6, 6.07) is 30.4. The third-order valence-electron chi connectivity index (χ3n) is 5.98. The Kier molecular flexibility index (Phi) is 7.17. The molecule has 0 aliphatic heterocycles. The van der Waals surface area contributed by atoms with Crippen molar-refractivity contribution in [3.8, 4) is 0 Å². The van der Waals surface area contributed by atoms with Crippen LogP contribution in [0.2, 0.25) is 0 Å². The van der Waals surface area contributed by atoms with E-state index >= 15 is 0 Å². The Bertz CT molecular complexity index is 1380. The first-order valence-electron chi connectivity index (χ1n) is 11.3. The van der Waals surface area contributed by atoms with Gasteiger partial charge >= 0.3 is 5.97 Å². The summed E-state index contributed by atoms with van der Waals surface area (Å²) in [5.74, 6) is -1.80. The maximum atomic E-state index is 13.2. The first-order valence-corrected chi connectivity index (χ1v) is 11.3. The molecule has 4 aromatic rings. The molecule has 4 rings (SSSR count). The van der Waals surface area contributed by atoms with Crippen LogP contribution in [0.5, 0.6) is 0 Å². The van der Waals surface area contributed by atoms with Crippen LogP contribution < -0.4 is 5.32 Å². The zero-order valence-electron chi connectivity index (χ0n) is 19.3. The number of anilines is 1. The second-order valence-corrected chi connectivity index (χ2v) is 8.33. The molecule has 0 heterocycles. The van der Waals surface area contributed by atoms with Gasteiger partial charge in [0, 0.05) is 23.2 Å². The molecule has 0 spiro atoms. The number of benzene rings is 4. The molecule has 2 N–H and O–H groups in total. The van der Waals surface area contributed by atoms with Crippen molar-refractivity contribution in [3.05, 3.63) is 137 Å². The predicted octanol–water partition coefficient (Wildman–Crippen LogP) is 5.95. The molecule has 0 aliphatic rings. The lowest BCUT2D eigenvalue weighted by atomic mass is 9.94. The predicted molar refractivity (Wildman–Crippen MR) is 136 cm³/mol. The van der Waals surface area contributed by atoms with Crippen LogP contribution in [0.4, 0.5) is 5.69 Å². The van der Waals surface area contributed by atoms with Crippen LogP contribution in [0.3, 0.4) is 0 Å². The van der Waals surface area contributed by atoms with Gasteiger partial charge in [-0.1, -0.05) is 84.9 Å². The van der Waals surface area contributed by atoms with Crippen molar-refractivity contribution in [2.24, 2.45) is 0 Å². The van der Waals surface area contributed by atoms with Gasteiger partial charge in [-0.25, -0.2) is 4.79 Å². The number of para-hydroxylation sites is 1. The van der Waals surface area contributed by atoms with Gasteiger partial charge < -0.3 is 10.4 Å². The Balaban J connectivity index is 1.53. The largest absolute Gasteiger partial charge is 0.478 e. The summed E-state index contributed by atoms with van der Waals surface area (Å²) in [6.07, 6.45) is 0.369. The van der Waals surface area contributed by atoms with Gasteiger partial charge in [0.1, 0.15) is 0 Å². The average Bonchev–Trinajstić information content (AvgIpc) is 2.89. The zero-order chi connectivity index (χ0) is 24.8. The molecule has 0 saturated carbocycles. The van der Waals surface area contributed by atoms with Crippen LogP contribution in [0.15, 0.2) is 103 Å². The molecule has 0 bridgehead atoms. The molecular formula is C30H25NO4.